The van der Waals surface area contributed by atoms with E-state index in [4.69, 9.17) is 0 Å². The lowest BCUT2D eigenvalue weighted by atomic mass is 9.92. The summed E-state index contributed by atoms with van der Waals surface area (Å²) in [6.45, 7) is 12.8. The molecule has 0 radical (unpaired) electrons. The molecule has 0 saturated carbocycles. The molecule has 0 saturated heterocycles. The van der Waals surface area contributed by atoms with E-state index in [-0.39, 0.29) is 0 Å². The third kappa shape index (κ3) is 4.60. The normalized spacial score (nSPS) is 16.8. The summed E-state index contributed by atoms with van der Waals surface area (Å²) in [5.74, 6) is 0. The van der Waals surface area contributed by atoms with E-state index in [9.17, 15) is 0 Å². The van der Waals surface area contributed by atoms with Crippen molar-refractivity contribution in [2.24, 2.45) is 5.41 Å². The first-order valence-corrected chi connectivity index (χ1v) is 8.10. The molecule has 2 rings (SSSR count). The number of hydrogen-bond acceptors (Lipinski definition) is 2. The van der Waals surface area contributed by atoms with E-state index in [0.29, 0.717) is 5.41 Å². The lowest BCUT2D eigenvalue weighted by Crippen LogP contribution is -2.41. The Kier molecular flexibility index (Phi) is 5.62. The molecule has 2 heteroatoms. The molecule has 0 fully saturated rings. The Hall–Kier alpha value is -0.860. The first-order chi connectivity index (χ1) is 9.61. The fourth-order valence-corrected chi connectivity index (χ4v) is 3.14. The van der Waals surface area contributed by atoms with Crippen molar-refractivity contribution in [1.82, 2.24) is 10.2 Å². The molecule has 1 aromatic carbocycles. The maximum Gasteiger partial charge on any atom is 0.00451 e. The second-order valence-electron chi connectivity index (χ2n) is 6.89. The predicted molar refractivity (Wildman–Crippen MR) is 87.2 cm³/mol. The van der Waals surface area contributed by atoms with Gasteiger partial charge in [0.25, 0.3) is 0 Å². The van der Waals surface area contributed by atoms with Crippen molar-refractivity contribution in [2.45, 2.75) is 40.0 Å². The molecular weight excluding hydrogens is 244 g/mol. The van der Waals surface area contributed by atoms with Gasteiger partial charge in [-0.05, 0) is 42.3 Å². The Labute approximate surface area is 124 Å². The third-order valence-electron chi connectivity index (χ3n) is 4.20. The molecule has 0 bridgehead atoms. The highest BCUT2D eigenvalue weighted by atomic mass is 15.1. The van der Waals surface area contributed by atoms with Crippen molar-refractivity contribution < 1.29 is 0 Å². The van der Waals surface area contributed by atoms with Crippen LogP contribution >= 0.6 is 0 Å². The van der Waals surface area contributed by atoms with Crippen LogP contribution in [-0.4, -0.2) is 37.6 Å². The molecular formula is C18H30N2. The van der Waals surface area contributed by atoms with E-state index in [1.807, 2.05) is 0 Å². The summed E-state index contributed by atoms with van der Waals surface area (Å²) in [6, 6.07) is 8.94. The van der Waals surface area contributed by atoms with E-state index in [1.165, 1.54) is 38.9 Å². The largest absolute Gasteiger partial charge is 0.316 e. The van der Waals surface area contributed by atoms with Crippen molar-refractivity contribution in [3.63, 3.8) is 0 Å². The Balaban J connectivity index is 1.86. The molecule has 1 heterocycles. The van der Waals surface area contributed by atoms with Gasteiger partial charge in [0, 0.05) is 26.2 Å². The Bertz CT molecular complexity index is 385. The Morgan fingerprint density at radius 2 is 1.70 bits per heavy atom. The maximum atomic E-state index is 3.57. The Morgan fingerprint density at radius 1 is 1.10 bits per heavy atom. The Morgan fingerprint density at radius 3 is 2.25 bits per heavy atom. The highest BCUT2D eigenvalue weighted by Crippen LogP contribution is 2.20. The van der Waals surface area contributed by atoms with Crippen molar-refractivity contribution in [1.29, 1.82) is 0 Å². The minimum atomic E-state index is 0.353. The number of nitrogens with one attached hydrogen (secondary N) is 1. The quantitative estimate of drug-likeness (QED) is 0.802. The number of rotatable bonds is 6. The molecule has 112 valence electrons. The zero-order valence-electron chi connectivity index (χ0n) is 13.4. The summed E-state index contributed by atoms with van der Waals surface area (Å²) in [4.78, 5) is 2.65. The van der Waals surface area contributed by atoms with Gasteiger partial charge in [-0.25, -0.2) is 0 Å². The summed E-state index contributed by atoms with van der Waals surface area (Å²) in [5, 5.41) is 3.57. The smallest absolute Gasteiger partial charge is 0.00451 e. The summed E-state index contributed by atoms with van der Waals surface area (Å²) >= 11 is 0. The van der Waals surface area contributed by atoms with Crippen LogP contribution in [-0.2, 0) is 12.8 Å². The van der Waals surface area contributed by atoms with E-state index in [0.717, 1.165) is 13.1 Å². The lowest BCUT2D eigenvalue weighted by Gasteiger charge is -2.32. The molecule has 0 unspecified atom stereocenters. The van der Waals surface area contributed by atoms with Gasteiger partial charge in [-0.3, -0.25) is 0 Å². The number of fused-ring (bicyclic) bond motifs is 1. The van der Waals surface area contributed by atoms with E-state index in [2.05, 4.69) is 55.3 Å². The molecule has 20 heavy (non-hydrogen) atoms. The molecule has 0 aromatic heterocycles. The number of hydrogen-bond donors (Lipinski definition) is 1. The topological polar surface area (TPSA) is 15.3 Å². The van der Waals surface area contributed by atoms with Crippen molar-refractivity contribution in [3.8, 4) is 0 Å². The highest BCUT2D eigenvalue weighted by Gasteiger charge is 2.23. The maximum absolute atomic E-state index is 3.57. The summed E-state index contributed by atoms with van der Waals surface area (Å²) < 4.78 is 0. The SMILES string of the molecule is CCCNCC(C)(C)CN1CCc2ccccc2CC1. The first-order valence-electron chi connectivity index (χ1n) is 8.10. The highest BCUT2D eigenvalue weighted by molar-refractivity contribution is 5.28. The van der Waals surface area contributed by atoms with Crippen LogP contribution in [0, 0.1) is 5.41 Å². The van der Waals surface area contributed by atoms with Crippen LogP contribution in [0.3, 0.4) is 0 Å². The molecule has 0 aliphatic carbocycles. The summed E-state index contributed by atoms with van der Waals surface area (Å²) in [7, 11) is 0. The zero-order valence-corrected chi connectivity index (χ0v) is 13.4. The van der Waals surface area contributed by atoms with Gasteiger partial charge in [-0.15, -0.1) is 0 Å². The molecule has 2 nitrogen and oxygen atoms in total. The molecule has 0 amide bonds. The fourth-order valence-electron chi connectivity index (χ4n) is 3.14. The van der Waals surface area contributed by atoms with Gasteiger partial charge in [0.15, 0.2) is 0 Å². The molecule has 1 N–H and O–H groups in total. The monoisotopic (exact) mass is 274 g/mol. The number of benzene rings is 1. The van der Waals surface area contributed by atoms with E-state index < -0.39 is 0 Å². The van der Waals surface area contributed by atoms with Gasteiger partial charge < -0.3 is 10.2 Å². The molecule has 1 aliphatic rings. The second-order valence-corrected chi connectivity index (χ2v) is 6.89. The summed E-state index contributed by atoms with van der Waals surface area (Å²) in [5.41, 5.74) is 3.46. The van der Waals surface area contributed by atoms with Gasteiger partial charge in [-0.2, -0.15) is 0 Å². The van der Waals surface area contributed by atoms with E-state index in [1.54, 1.807) is 11.1 Å². The van der Waals surface area contributed by atoms with Crippen LogP contribution < -0.4 is 5.32 Å². The van der Waals surface area contributed by atoms with Crippen molar-refractivity contribution in [3.05, 3.63) is 35.4 Å². The second kappa shape index (κ2) is 7.24. The fraction of sp³-hybridized carbons (Fsp3) is 0.667. The summed E-state index contributed by atoms with van der Waals surface area (Å²) in [6.07, 6.45) is 3.62. The van der Waals surface area contributed by atoms with Crippen LogP contribution in [0.15, 0.2) is 24.3 Å². The molecule has 0 atom stereocenters. The van der Waals surface area contributed by atoms with Gasteiger partial charge in [0.1, 0.15) is 0 Å². The van der Waals surface area contributed by atoms with Crippen molar-refractivity contribution >= 4 is 0 Å². The van der Waals surface area contributed by atoms with Crippen LogP contribution in [0.4, 0.5) is 0 Å². The predicted octanol–water partition coefficient (Wildman–Crippen LogP) is 3.11. The van der Waals surface area contributed by atoms with Crippen molar-refractivity contribution in [2.75, 3.05) is 32.7 Å². The van der Waals surface area contributed by atoms with Gasteiger partial charge in [0.2, 0.25) is 0 Å². The van der Waals surface area contributed by atoms with Gasteiger partial charge in [-0.1, -0.05) is 45.0 Å². The minimum absolute atomic E-state index is 0.353. The van der Waals surface area contributed by atoms with Gasteiger partial charge >= 0.3 is 0 Å². The lowest BCUT2D eigenvalue weighted by molar-refractivity contribution is 0.180. The minimum Gasteiger partial charge on any atom is -0.316 e. The zero-order chi connectivity index (χ0) is 14.4. The molecule has 1 aliphatic heterocycles. The van der Waals surface area contributed by atoms with Crippen LogP contribution in [0.5, 0.6) is 0 Å². The molecule has 1 aromatic rings. The average Bonchev–Trinajstić information content (AvgIpc) is 2.62. The van der Waals surface area contributed by atoms with Crippen LogP contribution in [0.25, 0.3) is 0 Å². The first kappa shape index (κ1) is 15.5. The standard InChI is InChI=1S/C18H30N2/c1-4-11-19-14-18(2,3)15-20-12-9-16-7-5-6-8-17(16)10-13-20/h5-8,19H,4,9-15H2,1-3H3. The van der Waals surface area contributed by atoms with Crippen LogP contribution in [0.1, 0.15) is 38.3 Å². The van der Waals surface area contributed by atoms with Gasteiger partial charge in [0.05, 0.1) is 0 Å². The molecule has 0 spiro atoms. The third-order valence-corrected chi connectivity index (χ3v) is 4.20. The average molecular weight is 274 g/mol. The number of nitrogens with zero attached hydrogens (tertiary/aromatic N) is 1. The van der Waals surface area contributed by atoms with Crippen LogP contribution in [0.2, 0.25) is 0 Å². The van der Waals surface area contributed by atoms with E-state index >= 15 is 0 Å².